The molecule has 6 heteroatoms. The monoisotopic (exact) mass is 303 g/mol. The van der Waals surface area contributed by atoms with Crippen molar-refractivity contribution in [3.8, 4) is 0 Å². The van der Waals surface area contributed by atoms with Gasteiger partial charge >= 0.3 is 0 Å². The second-order valence-corrected chi connectivity index (χ2v) is 8.15. The van der Waals surface area contributed by atoms with E-state index in [4.69, 9.17) is 0 Å². The molecule has 2 N–H and O–H groups in total. The van der Waals surface area contributed by atoms with Crippen LogP contribution in [0, 0.1) is 17.8 Å². The second kappa shape index (κ2) is 7.20. The number of hydrogen-bond donors (Lipinski definition) is 2. The van der Waals surface area contributed by atoms with Crippen molar-refractivity contribution in [3.63, 3.8) is 0 Å². The molecule has 0 amide bonds. The van der Waals surface area contributed by atoms with Crippen LogP contribution in [0.2, 0.25) is 0 Å². The molecular weight excluding hydrogens is 274 g/mol. The summed E-state index contributed by atoms with van der Waals surface area (Å²) in [5.74, 6) is 1.69. The van der Waals surface area contributed by atoms with E-state index < -0.39 is 10.2 Å². The third-order valence-corrected chi connectivity index (χ3v) is 6.03. The summed E-state index contributed by atoms with van der Waals surface area (Å²) < 4.78 is 29.0. The zero-order chi connectivity index (χ0) is 14.6. The highest BCUT2D eigenvalue weighted by atomic mass is 32.2. The number of hydrogen-bond acceptors (Lipinski definition) is 3. The van der Waals surface area contributed by atoms with Crippen molar-refractivity contribution in [2.24, 2.45) is 17.8 Å². The largest absolute Gasteiger partial charge is 0.316 e. The van der Waals surface area contributed by atoms with Crippen molar-refractivity contribution in [2.45, 2.75) is 39.5 Å². The molecule has 2 aliphatic rings. The van der Waals surface area contributed by atoms with Crippen molar-refractivity contribution < 1.29 is 8.42 Å². The maximum atomic E-state index is 12.3. The number of nitrogens with one attached hydrogen (secondary N) is 2. The topological polar surface area (TPSA) is 61.4 Å². The van der Waals surface area contributed by atoms with Gasteiger partial charge in [-0.15, -0.1) is 0 Å². The summed E-state index contributed by atoms with van der Waals surface area (Å²) in [6.45, 7) is 8.20. The van der Waals surface area contributed by atoms with Gasteiger partial charge in [0.05, 0.1) is 0 Å². The van der Waals surface area contributed by atoms with E-state index in [-0.39, 0.29) is 0 Å². The molecule has 0 radical (unpaired) electrons. The summed E-state index contributed by atoms with van der Waals surface area (Å²) in [6, 6.07) is 0. The van der Waals surface area contributed by atoms with E-state index in [1.165, 1.54) is 0 Å². The Morgan fingerprint density at radius 1 is 1.30 bits per heavy atom. The molecule has 3 atom stereocenters. The quantitative estimate of drug-likeness (QED) is 0.662. The van der Waals surface area contributed by atoms with E-state index in [1.54, 1.807) is 4.31 Å². The summed E-state index contributed by atoms with van der Waals surface area (Å²) in [6.07, 6.45) is 4.38. The van der Waals surface area contributed by atoms with Crippen LogP contribution >= 0.6 is 0 Å². The van der Waals surface area contributed by atoms with Gasteiger partial charge in [0.1, 0.15) is 0 Å². The molecule has 0 aromatic rings. The standard InChI is InChI=1S/C14H29N3O2S/c1-3-6-15-9-13-5-4-7-17(11-13)20(18,19)16-10-14-8-12(14)2/h12-16H,3-11H2,1-2H3. The molecule has 2 rings (SSSR count). The molecule has 1 heterocycles. The normalized spacial score (nSPS) is 31.4. The van der Waals surface area contributed by atoms with E-state index in [0.717, 1.165) is 38.8 Å². The molecule has 20 heavy (non-hydrogen) atoms. The van der Waals surface area contributed by atoms with E-state index in [2.05, 4.69) is 23.9 Å². The van der Waals surface area contributed by atoms with Gasteiger partial charge in [-0.2, -0.15) is 12.7 Å². The average molecular weight is 303 g/mol. The van der Waals surface area contributed by atoms with Gasteiger partial charge in [-0.3, -0.25) is 0 Å². The summed E-state index contributed by atoms with van der Waals surface area (Å²) in [7, 11) is -3.27. The van der Waals surface area contributed by atoms with Crippen molar-refractivity contribution >= 4 is 10.2 Å². The van der Waals surface area contributed by atoms with Crippen molar-refractivity contribution in [1.82, 2.24) is 14.3 Å². The molecule has 0 spiro atoms. The van der Waals surface area contributed by atoms with E-state index in [9.17, 15) is 8.42 Å². The first kappa shape index (κ1) is 16.2. The number of rotatable bonds is 8. The Hall–Kier alpha value is -0.170. The lowest BCUT2D eigenvalue weighted by molar-refractivity contribution is 0.258. The molecule has 118 valence electrons. The lowest BCUT2D eigenvalue weighted by Crippen LogP contribution is -2.48. The van der Waals surface area contributed by atoms with Gasteiger partial charge in [-0.25, -0.2) is 4.72 Å². The Labute approximate surface area is 123 Å². The van der Waals surface area contributed by atoms with Crippen LogP contribution in [-0.4, -0.2) is 45.4 Å². The Kier molecular flexibility index (Phi) is 5.84. The van der Waals surface area contributed by atoms with Crippen LogP contribution in [0.25, 0.3) is 0 Å². The van der Waals surface area contributed by atoms with Gasteiger partial charge in [0.25, 0.3) is 10.2 Å². The minimum absolute atomic E-state index is 0.451. The van der Waals surface area contributed by atoms with E-state index in [1.807, 2.05) is 0 Å². The van der Waals surface area contributed by atoms with Crippen molar-refractivity contribution in [2.75, 3.05) is 32.7 Å². The third-order valence-electron chi connectivity index (χ3n) is 4.49. The zero-order valence-electron chi connectivity index (χ0n) is 12.8. The molecule has 1 saturated heterocycles. The highest BCUT2D eigenvalue weighted by Crippen LogP contribution is 2.37. The second-order valence-electron chi connectivity index (χ2n) is 6.40. The Morgan fingerprint density at radius 3 is 2.70 bits per heavy atom. The highest BCUT2D eigenvalue weighted by molar-refractivity contribution is 7.87. The van der Waals surface area contributed by atoms with E-state index in [0.29, 0.717) is 37.4 Å². The Morgan fingerprint density at radius 2 is 2.05 bits per heavy atom. The molecule has 1 saturated carbocycles. The van der Waals surface area contributed by atoms with Gasteiger partial charge in [-0.1, -0.05) is 13.8 Å². The lowest BCUT2D eigenvalue weighted by atomic mass is 10.00. The van der Waals surface area contributed by atoms with Crippen molar-refractivity contribution in [3.05, 3.63) is 0 Å². The van der Waals surface area contributed by atoms with Crippen LogP contribution in [0.5, 0.6) is 0 Å². The van der Waals surface area contributed by atoms with Gasteiger partial charge in [0.15, 0.2) is 0 Å². The zero-order valence-corrected chi connectivity index (χ0v) is 13.6. The minimum Gasteiger partial charge on any atom is -0.316 e. The fraction of sp³-hybridized carbons (Fsp3) is 1.00. The first-order chi connectivity index (χ1) is 9.53. The van der Waals surface area contributed by atoms with Gasteiger partial charge < -0.3 is 5.32 Å². The smallest absolute Gasteiger partial charge is 0.279 e. The van der Waals surface area contributed by atoms with Crippen LogP contribution < -0.4 is 10.0 Å². The predicted octanol–water partition coefficient (Wildman–Crippen LogP) is 1.19. The van der Waals surface area contributed by atoms with Crippen LogP contribution in [0.15, 0.2) is 0 Å². The molecule has 0 bridgehead atoms. The number of nitrogens with zero attached hydrogens (tertiary/aromatic N) is 1. The Balaban J connectivity index is 1.77. The average Bonchev–Trinajstić information content (AvgIpc) is 3.13. The lowest BCUT2D eigenvalue weighted by Gasteiger charge is -2.32. The maximum Gasteiger partial charge on any atom is 0.279 e. The molecule has 5 nitrogen and oxygen atoms in total. The fourth-order valence-corrected chi connectivity index (χ4v) is 4.27. The summed E-state index contributed by atoms with van der Waals surface area (Å²) >= 11 is 0. The molecule has 0 aromatic heterocycles. The maximum absolute atomic E-state index is 12.3. The van der Waals surface area contributed by atoms with Gasteiger partial charge in [-0.05, 0) is 56.5 Å². The highest BCUT2D eigenvalue weighted by Gasteiger charge is 2.35. The predicted molar refractivity (Wildman–Crippen MR) is 81.7 cm³/mol. The summed E-state index contributed by atoms with van der Waals surface area (Å²) in [5.41, 5.74) is 0. The molecule has 2 fully saturated rings. The fourth-order valence-electron chi connectivity index (χ4n) is 2.88. The molecule has 0 aromatic carbocycles. The van der Waals surface area contributed by atoms with E-state index >= 15 is 0 Å². The first-order valence-electron chi connectivity index (χ1n) is 7.98. The van der Waals surface area contributed by atoms with Crippen molar-refractivity contribution in [1.29, 1.82) is 0 Å². The van der Waals surface area contributed by atoms with Gasteiger partial charge in [0.2, 0.25) is 0 Å². The first-order valence-corrected chi connectivity index (χ1v) is 9.42. The van der Waals surface area contributed by atoms with Crippen LogP contribution in [-0.2, 0) is 10.2 Å². The summed E-state index contributed by atoms with van der Waals surface area (Å²) in [5, 5.41) is 3.40. The van der Waals surface area contributed by atoms with Crippen LogP contribution in [0.3, 0.4) is 0 Å². The molecule has 3 unspecified atom stereocenters. The Bertz CT molecular complexity index is 399. The molecule has 1 aliphatic heterocycles. The van der Waals surface area contributed by atoms with Crippen LogP contribution in [0.4, 0.5) is 0 Å². The van der Waals surface area contributed by atoms with Gasteiger partial charge in [0, 0.05) is 19.6 Å². The number of piperidine rings is 1. The van der Waals surface area contributed by atoms with Crippen LogP contribution in [0.1, 0.15) is 39.5 Å². The SMILES string of the molecule is CCCNCC1CCCN(S(=O)(=O)NCC2CC2C)C1. The summed E-state index contributed by atoms with van der Waals surface area (Å²) in [4.78, 5) is 0. The third kappa shape index (κ3) is 4.69. The molecular formula is C14H29N3O2S. The minimum atomic E-state index is -3.27. The molecule has 1 aliphatic carbocycles.